The average molecular weight is 356 g/mol. The molecule has 132 valence electrons. The van der Waals surface area contributed by atoms with Crippen LogP contribution in [0, 0.1) is 27.2 Å². The van der Waals surface area contributed by atoms with Gasteiger partial charge >= 0.3 is 24.2 Å². The van der Waals surface area contributed by atoms with Crippen LogP contribution >= 0.6 is 0 Å². The van der Waals surface area contributed by atoms with Gasteiger partial charge in [0, 0.05) is 11.6 Å². The molecule has 0 aliphatic heterocycles. The summed E-state index contributed by atoms with van der Waals surface area (Å²) in [7, 11) is 0. The van der Waals surface area contributed by atoms with Crippen molar-refractivity contribution >= 4 is 17.5 Å². The molecule has 0 aromatic heterocycles. The second-order valence-electron chi connectivity index (χ2n) is 4.33. The number of halogens is 4. The van der Waals surface area contributed by atoms with Crippen LogP contribution < -0.4 is 4.74 Å². The first-order valence-electron chi connectivity index (χ1n) is 5.89. The number of nitro groups is 2. The van der Waals surface area contributed by atoms with E-state index in [2.05, 4.69) is 9.47 Å². The summed E-state index contributed by atoms with van der Waals surface area (Å²) in [4.78, 5) is 30.7. The van der Waals surface area contributed by atoms with Crippen LogP contribution in [0.5, 0.6) is 5.75 Å². The molecule has 0 aliphatic carbocycles. The number of rotatable bonds is 6. The minimum Gasteiger partial charge on any atom is -0.427 e. The van der Waals surface area contributed by atoms with Gasteiger partial charge in [-0.15, -0.1) is 0 Å². The van der Waals surface area contributed by atoms with Crippen molar-refractivity contribution < 1.29 is 41.7 Å². The van der Waals surface area contributed by atoms with Crippen molar-refractivity contribution in [2.24, 2.45) is 0 Å². The highest BCUT2D eigenvalue weighted by atomic mass is 19.3. The molecule has 0 fully saturated rings. The maximum Gasteiger partial charge on any atom is 0.514 e. The number of nitrogens with zero attached hydrogens (tertiary/aromatic N) is 2. The number of benzene rings is 1. The molecule has 0 aliphatic rings. The van der Waals surface area contributed by atoms with E-state index in [0.717, 1.165) is 13.0 Å². The summed E-state index contributed by atoms with van der Waals surface area (Å²) < 4.78 is 57.2. The van der Waals surface area contributed by atoms with Crippen molar-refractivity contribution in [3.8, 4) is 5.75 Å². The van der Waals surface area contributed by atoms with E-state index in [1.54, 1.807) is 0 Å². The van der Waals surface area contributed by atoms with Crippen molar-refractivity contribution in [3.05, 3.63) is 37.9 Å². The van der Waals surface area contributed by atoms with E-state index in [-0.39, 0.29) is 5.56 Å². The molecule has 0 atom stereocenters. The van der Waals surface area contributed by atoms with Crippen molar-refractivity contribution in [2.75, 3.05) is 6.61 Å². The molecular formula is C11H8F4N2O7. The van der Waals surface area contributed by atoms with Gasteiger partial charge in [-0.25, -0.2) is 13.6 Å². The van der Waals surface area contributed by atoms with Crippen LogP contribution in [0.25, 0.3) is 0 Å². The van der Waals surface area contributed by atoms with Gasteiger partial charge in [-0.1, -0.05) is 0 Å². The van der Waals surface area contributed by atoms with E-state index in [0.29, 0.717) is 6.07 Å². The summed E-state index contributed by atoms with van der Waals surface area (Å²) in [5.74, 6) is -5.42. The van der Waals surface area contributed by atoms with Gasteiger partial charge in [-0.2, -0.15) is 8.78 Å². The number of ether oxygens (including phenoxy) is 2. The summed E-state index contributed by atoms with van der Waals surface area (Å²) >= 11 is 0. The third-order valence-electron chi connectivity index (χ3n) is 2.53. The van der Waals surface area contributed by atoms with Crippen LogP contribution in [0.3, 0.4) is 0 Å². The predicted octanol–water partition coefficient (Wildman–Crippen LogP) is 3.23. The van der Waals surface area contributed by atoms with Crippen molar-refractivity contribution in [1.29, 1.82) is 0 Å². The molecule has 0 bridgehead atoms. The van der Waals surface area contributed by atoms with Crippen LogP contribution in [-0.4, -0.2) is 35.0 Å². The molecule has 0 amide bonds. The van der Waals surface area contributed by atoms with Crippen LogP contribution in [0.1, 0.15) is 5.56 Å². The normalized spacial score (nSPS) is 11.2. The minimum atomic E-state index is -4.63. The van der Waals surface area contributed by atoms with Crippen molar-refractivity contribution in [3.63, 3.8) is 0 Å². The minimum absolute atomic E-state index is 0.242. The van der Waals surface area contributed by atoms with E-state index in [1.165, 1.54) is 0 Å². The lowest BCUT2D eigenvalue weighted by atomic mass is 10.1. The summed E-state index contributed by atoms with van der Waals surface area (Å²) in [6.45, 7) is -0.903. The Morgan fingerprint density at radius 3 is 2.29 bits per heavy atom. The van der Waals surface area contributed by atoms with Gasteiger partial charge in [0.2, 0.25) is 5.75 Å². The number of carbonyl (C=O) groups is 1. The molecule has 0 unspecified atom stereocenters. The fraction of sp³-hybridized carbons (Fsp3) is 0.364. The molecule has 13 heteroatoms. The van der Waals surface area contributed by atoms with Gasteiger partial charge < -0.3 is 9.47 Å². The van der Waals surface area contributed by atoms with Crippen LogP contribution in [0.2, 0.25) is 0 Å². The smallest absolute Gasteiger partial charge is 0.427 e. The van der Waals surface area contributed by atoms with Gasteiger partial charge in [0.05, 0.1) is 15.9 Å². The maximum atomic E-state index is 12.6. The number of hydrogen-bond acceptors (Lipinski definition) is 7. The summed E-state index contributed by atoms with van der Waals surface area (Å²) in [5.41, 5.74) is -1.92. The van der Waals surface area contributed by atoms with Crippen molar-refractivity contribution in [2.45, 2.75) is 19.3 Å². The first-order chi connectivity index (χ1) is 11.0. The third-order valence-corrected chi connectivity index (χ3v) is 2.53. The molecule has 0 N–H and O–H groups in total. The lowest BCUT2D eigenvalue weighted by Crippen LogP contribution is -2.34. The van der Waals surface area contributed by atoms with Crippen molar-refractivity contribution in [1.82, 2.24) is 0 Å². The van der Waals surface area contributed by atoms with Crippen LogP contribution in [-0.2, 0) is 4.74 Å². The highest BCUT2D eigenvalue weighted by Crippen LogP contribution is 2.35. The second kappa shape index (κ2) is 7.06. The second-order valence-corrected chi connectivity index (χ2v) is 4.33. The SMILES string of the molecule is Cc1cc([N+](=O)[O-])cc([N+](=O)[O-])c1OC(=O)OCC(F)(F)C(F)F. The largest absolute Gasteiger partial charge is 0.514 e. The zero-order valence-electron chi connectivity index (χ0n) is 11.7. The van der Waals surface area contributed by atoms with E-state index >= 15 is 0 Å². The van der Waals surface area contributed by atoms with Gasteiger partial charge in [0.1, 0.15) is 0 Å². The van der Waals surface area contributed by atoms with E-state index in [4.69, 9.17) is 0 Å². The molecule has 1 aromatic rings. The predicted molar refractivity (Wildman–Crippen MR) is 67.4 cm³/mol. The third kappa shape index (κ3) is 4.50. The first kappa shape index (κ1) is 19.1. The lowest BCUT2D eigenvalue weighted by molar-refractivity contribution is -0.394. The Bertz CT molecular complexity index is 681. The van der Waals surface area contributed by atoms with E-state index in [1.807, 2.05) is 0 Å². The molecular weight excluding hydrogens is 348 g/mol. The topological polar surface area (TPSA) is 122 Å². The van der Waals surface area contributed by atoms with Crippen LogP contribution in [0.4, 0.5) is 33.7 Å². The van der Waals surface area contributed by atoms with Gasteiger partial charge in [0.25, 0.3) is 5.69 Å². The van der Waals surface area contributed by atoms with Gasteiger partial charge in [-0.05, 0) is 6.92 Å². The average Bonchev–Trinajstić information content (AvgIpc) is 2.46. The highest BCUT2D eigenvalue weighted by Gasteiger charge is 2.42. The molecule has 1 aromatic carbocycles. The van der Waals surface area contributed by atoms with E-state index in [9.17, 15) is 42.6 Å². The zero-order valence-corrected chi connectivity index (χ0v) is 11.7. The van der Waals surface area contributed by atoms with Gasteiger partial charge in [-0.3, -0.25) is 20.2 Å². The van der Waals surface area contributed by atoms with Crippen LogP contribution in [0.15, 0.2) is 12.1 Å². The fourth-order valence-electron chi connectivity index (χ4n) is 1.44. The Balaban J connectivity index is 3.00. The standard InChI is InChI=1S/C11H8F4N2O7/c1-5-2-6(16(19)20)3-7(17(21)22)8(5)24-10(18)23-4-11(14,15)9(12)13/h2-3,9H,4H2,1H3. The molecule has 0 radical (unpaired) electrons. The summed E-state index contributed by atoms with van der Waals surface area (Å²) in [5, 5.41) is 21.5. The number of non-ortho nitro benzene ring substituents is 1. The molecule has 0 heterocycles. The highest BCUT2D eigenvalue weighted by molar-refractivity contribution is 5.69. The summed E-state index contributed by atoms with van der Waals surface area (Å²) in [6, 6.07) is 1.30. The molecule has 24 heavy (non-hydrogen) atoms. The monoisotopic (exact) mass is 356 g/mol. The Labute approximate surface area is 130 Å². The fourth-order valence-corrected chi connectivity index (χ4v) is 1.44. The number of carbonyl (C=O) groups excluding carboxylic acids is 1. The number of aryl methyl sites for hydroxylation is 1. The van der Waals surface area contributed by atoms with E-state index < -0.39 is 52.1 Å². The molecule has 9 nitrogen and oxygen atoms in total. The first-order valence-corrected chi connectivity index (χ1v) is 5.89. The number of alkyl halides is 4. The Hall–Kier alpha value is -2.99. The quantitative estimate of drug-likeness (QED) is 0.252. The number of hydrogen-bond donors (Lipinski definition) is 0. The molecule has 1 rings (SSSR count). The molecule has 0 saturated heterocycles. The Morgan fingerprint density at radius 2 is 1.83 bits per heavy atom. The maximum absolute atomic E-state index is 12.6. The zero-order chi connectivity index (χ0) is 18.7. The van der Waals surface area contributed by atoms with Gasteiger partial charge in [0.15, 0.2) is 6.61 Å². The molecule has 0 spiro atoms. The molecule has 0 saturated carbocycles. The Morgan fingerprint density at radius 1 is 1.25 bits per heavy atom. The lowest BCUT2D eigenvalue weighted by Gasteiger charge is -2.15. The number of nitro benzene ring substituents is 2. The Kier molecular flexibility index (Phi) is 5.60. The summed E-state index contributed by atoms with van der Waals surface area (Å²) in [6.07, 6.45) is -6.00.